The summed E-state index contributed by atoms with van der Waals surface area (Å²) in [5.41, 5.74) is -1.94. The van der Waals surface area contributed by atoms with Gasteiger partial charge in [0.05, 0.1) is 15.2 Å². The smallest absolute Gasteiger partial charge is 0.310 e. The topological polar surface area (TPSA) is 127 Å². The number of carboxylic acid groups (broad SMARTS) is 1. The predicted octanol–water partition coefficient (Wildman–Crippen LogP) is 0.877. The summed E-state index contributed by atoms with van der Waals surface area (Å²) in [6.07, 6.45) is 0.721. The third kappa shape index (κ3) is 3.00. The molecule has 114 valence electrons. The number of nitrogens with one attached hydrogen (secondary N) is 1. The van der Waals surface area contributed by atoms with Crippen LogP contribution in [0.4, 0.5) is 10.1 Å². The van der Waals surface area contributed by atoms with Crippen molar-refractivity contribution in [3.05, 3.63) is 34.1 Å². The molecule has 0 heterocycles. The lowest BCUT2D eigenvalue weighted by Crippen LogP contribution is -2.34. The molecule has 1 fully saturated rings. The van der Waals surface area contributed by atoms with E-state index in [1.54, 1.807) is 0 Å². The summed E-state index contributed by atoms with van der Waals surface area (Å²) in [6, 6.07) is 2.17. The van der Waals surface area contributed by atoms with Crippen molar-refractivity contribution in [1.29, 1.82) is 0 Å². The van der Waals surface area contributed by atoms with Crippen LogP contribution in [-0.2, 0) is 14.8 Å². The highest BCUT2D eigenvalue weighted by atomic mass is 32.2. The molecule has 8 nitrogen and oxygen atoms in total. The number of sulfonamides is 1. The van der Waals surface area contributed by atoms with Crippen LogP contribution in [0.5, 0.6) is 0 Å². The fourth-order valence-corrected chi connectivity index (χ4v) is 2.88. The summed E-state index contributed by atoms with van der Waals surface area (Å²) >= 11 is 0. The van der Waals surface area contributed by atoms with Crippen molar-refractivity contribution in [2.75, 3.05) is 6.54 Å². The molecule has 1 saturated carbocycles. The molecular formula is C11H11FN2O6S. The summed E-state index contributed by atoms with van der Waals surface area (Å²) in [4.78, 5) is 19.9. The fraction of sp³-hybridized carbons (Fsp3) is 0.364. The number of hydrogen-bond donors (Lipinski definition) is 2. The van der Waals surface area contributed by atoms with E-state index in [1.807, 2.05) is 0 Å². The van der Waals surface area contributed by atoms with E-state index in [9.17, 15) is 27.7 Å². The zero-order chi connectivity index (χ0) is 15.8. The Morgan fingerprint density at radius 2 is 2.10 bits per heavy atom. The lowest BCUT2D eigenvalue weighted by Gasteiger charge is -2.11. The zero-order valence-electron chi connectivity index (χ0n) is 10.6. The fourth-order valence-electron chi connectivity index (χ4n) is 1.74. The molecule has 21 heavy (non-hydrogen) atoms. The van der Waals surface area contributed by atoms with Crippen molar-refractivity contribution in [2.45, 2.75) is 17.7 Å². The first-order valence-corrected chi connectivity index (χ1v) is 7.33. The summed E-state index contributed by atoms with van der Waals surface area (Å²) in [5.74, 6) is -2.37. The molecule has 1 aromatic rings. The van der Waals surface area contributed by atoms with Gasteiger partial charge < -0.3 is 5.11 Å². The van der Waals surface area contributed by atoms with E-state index in [4.69, 9.17) is 5.11 Å². The van der Waals surface area contributed by atoms with Gasteiger partial charge >= 0.3 is 11.7 Å². The normalized spacial score (nSPS) is 16.4. The Balaban J connectivity index is 2.18. The highest BCUT2D eigenvalue weighted by Gasteiger charge is 2.50. The number of aliphatic carboxylic acids is 1. The first-order chi connectivity index (χ1) is 9.68. The minimum absolute atomic E-state index is 0.302. The number of carboxylic acids is 1. The highest BCUT2D eigenvalue weighted by Crippen LogP contribution is 2.45. The van der Waals surface area contributed by atoms with Crippen LogP contribution in [0.1, 0.15) is 12.8 Å². The molecule has 1 aliphatic rings. The first kappa shape index (κ1) is 15.3. The molecule has 0 unspecified atom stereocenters. The molecule has 0 radical (unpaired) electrons. The van der Waals surface area contributed by atoms with Gasteiger partial charge in [0.2, 0.25) is 15.8 Å². The van der Waals surface area contributed by atoms with Crippen molar-refractivity contribution in [3.8, 4) is 0 Å². The average molecular weight is 318 g/mol. The Hall–Kier alpha value is -2.07. The second kappa shape index (κ2) is 5.04. The summed E-state index contributed by atoms with van der Waals surface area (Å²) in [6.45, 7) is -0.302. The van der Waals surface area contributed by atoms with Crippen molar-refractivity contribution < 1.29 is 27.6 Å². The molecule has 0 saturated heterocycles. The number of nitro groups is 1. The molecular weight excluding hydrogens is 307 g/mol. The monoisotopic (exact) mass is 318 g/mol. The van der Waals surface area contributed by atoms with Gasteiger partial charge in [-0.3, -0.25) is 14.9 Å². The van der Waals surface area contributed by atoms with Gasteiger partial charge in [-0.15, -0.1) is 0 Å². The molecule has 0 bridgehead atoms. The van der Waals surface area contributed by atoms with Crippen LogP contribution in [0.2, 0.25) is 0 Å². The maximum Gasteiger partial charge on any atom is 0.310 e. The number of halogens is 1. The van der Waals surface area contributed by atoms with Gasteiger partial charge in [-0.25, -0.2) is 13.1 Å². The third-order valence-electron chi connectivity index (χ3n) is 3.33. The number of rotatable bonds is 6. The van der Waals surface area contributed by atoms with Gasteiger partial charge in [0.15, 0.2) is 0 Å². The standard InChI is InChI=1S/C11H11FN2O6S/c12-8-5-7(1-2-9(8)14(17)18)21(19,20)13-6-11(3-4-11)10(15)16/h1-2,5,13H,3-4,6H2,(H,15,16). The minimum Gasteiger partial charge on any atom is -0.481 e. The van der Waals surface area contributed by atoms with Crippen LogP contribution >= 0.6 is 0 Å². The number of nitro benzene ring substituents is 1. The number of nitrogens with zero attached hydrogens (tertiary/aromatic N) is 1. The Morgan fingerprint density at radius 3 is 2.52 bits per heavy atom. The Bertz CT molecular complexity index is 713. The summed E-state index contributed by atoms with van der Waals surface area (Å²) in [5, 5.41) is 19.4. The lowest BCUT2D eigenvalue weighted by molar-refractivity contribution is -0.387. The van der Waals surface area contributed by atoms with E-state index >= 15 is 0 Å². The van der Waals surface area contributed by atoms with Gasteiger partial charge in [-0.1, -0.05) is 0 Å². The van der Waals surface area contributed by atoms with Crippen LogP contribution in [0.15, 0.2) is 23.1 Å². The molecule has 0 atom stereocenters. The molecule has 0 aromatic heterocycles. The SMILES string of the molecule is O=C(O)C1(CNS(=O)(=O)c2ccc([N+](=O)[O-])c(F)c2)CC1. The van der Waals surface area contributed by atoms with E-state index < -0.39 is 42.7 Å². The van der Waals surface area contributed by atoms with Gasteiger partial charge in [-0.2, -0.15) is 4.39 Å². The Labute approximate surface area is 118 Å². The summed E-state index contributed by atoms with van der Waals surface area (Å²) in [7, 11) is -4.13. The van der Waals surface area contributed by atoms with Crippen molar-refractivity contribution in [3.63, 3.8) is 0 Å². The van der Waals surface area contributed by atoms with Gasteiger partial charge in [0.1, 0.15) is 0 Å². The summed E-state index contributed by atoms with van der Waals surface area (Å²) < 4.78 is 39.4. The number of benzene rings is 1. The molecule has 10 heteroatoms. The molecule has 0 amide bonds. The molecule has 2 rings (SSSR count). The maximum absolute atomic E-state index is 13.4. The highest BCUT2D eigenvalue weighted by molar-refractivity contribution is 7.89. The first-order valence-electron chi connectivity index (χ1n) is 5.85. The maximum atomic E-state index is 13.4. The number of hydrogen-bond acceptors (Lipinski definition) is 5. The van der Waals surface area contributed by atoms with E-state index in [0.717, 1.165) is 12.1 Å². The molecule has 0 spiro atoms. The molecule has 1 aliphatic carbocycles. The Kier molecular flexibility index (Phi) is 3.68. The van der Waals surface area contributed by atoms with Crippen LogP contribution < -0.4 is 4.72 Å². The molecule has 2 N–H and O–H groups in total. The van der Waals surface area contributed by atoms with E-state index in [-0.39, 0.29) is 6.54 Å². The van der Waals surface area contributed by atoms with Crippen molar-refractivity contribution in [1.82, 2.24) is 4.72 Å². The second-order valence-corrected chi connectivity index (χ2v) is 6.55. The van der Waals surface area contributed by atoms with Gasteiger partial charge in [0, 0.05) is 18.7 Å². The second-order valence-electron chi connectivity index (χ2n) is 4.78. The van der Waals surface area contributed by atoms with E-state index in [1.165, 1.54) is 0 Å². The lowest BCUT2D eigenvalue weighted by atomic mass is 10.1. The van der Waals surface area contributed by atoms with Crippen LogP contribution in [0.3, 0.4) is 0 Å². The zero-order valence-corrected chi connectivity index (χ0v) is 11.4. The quantitative estimate of drug-likeness (QED) is 0.592. The Morgan fingerprint density at radius 1 is 1.48 bits per heavy atom. The van der Waals surface area contributed by atoms with Gasteiger partial charge in [-0.05, 0) is 18.9 Å². The third-order valence-corrected chi connectivity index (χ3v) is 4.73. The van der Waals surface area contributed by atoms with Crippen LogP contribution in [0, 0.1) is 21.3 Å². The molecule has 0 aliphatic heterocycles. The molecule has 1 aromatic carbocycles. The van der Waals surface area contributed by atoms with Crippen LogP contribution in [0.25, 0.3) is 0 Å². The van der Waals surface area contributed by atoms with Crippen molar-refractivity contribution >= 4 is 21.7 Å². The average Bonchev–Trinajstić information content (AvgIpc) is 3.17. The van der Waals surface area contributed by atoms with Gasteiger partial charge in [0.25, 0.3) is 0 Å². The largest absolute Gasteiger partial charge is 0.481 e. The van der Waals surface area contributed by atoms with E-state index in [0.29, 0.717) is 18.9 Å². The predicted molar refractivity (Wildman–Crippen MR) is 67.5 cm³/mol. The number of carbonyl (C=O) groups is 1. The minimum atomic E-state index is -4.13. The van der Waals surface area contributed by atoms with Crippen molar-refractivity contribution in [2.24, 2.45) is 5.41 Å². The van der Waals surface area contributed by atoms with Crippen LogP contribution in [-0.4, -0.2) is 31.0 Å². The van der Waals surface area contributed by atoms with E-state index in [2.05, 4.69) is 4.72 Å².